The predicted molar refractivity (Wildman–Crippen MR) is 58.5 cm³/mol. The van der Waals surface area contributed by atoms with Crippen molar-refractivity contribution in [1.29, 1.82) is 0 Å². The third kappa shape index (κ3) is 2.10. The summed E-state index contributed by atoms with van der Waals surface area (Å²) in [6.07, 6.45) is 0. The van der Waals surface area contributed by atoms with Crippen LogP contribution in [-0.2, 0) is 0 Å². The predicted octanol–water partition coefficient (Wildman–Crippen LogP) is 3.85. The van der Waals surface area contributed by atoms with Crippen LogP contribution in [0.5, 0.6) is 5.75 Å². The zero-order valence-corrected chi connectivity index (χ0v) is 8.50. The van der Waals surface area contributed by atoms with Crippen LogP contribution in [0, 0.1) is 5.82 Å². The van der Waals surface area contributed by atoms with E-state index in [0.29, 0.717) is 16.1 Å². The molecule has 1 N–H and O–H groups in total. The molecule has 0 amide bonds. The Hall–Kier alpha value is -1.54. The summed E-state index contributed by atoms with van der Waals surface area (Å²) < 4.78 is 13.5. The van der Waals surface area contributed by atoms with Crippen LogP contribution in [0.3, 0.4) is 0 Å². The zero-order chi connectivity index (χ0) is 10.8. The van der Waals surface area contributed by atoms with Crippen LogP contribution < -0.4 is 0 Å². The molecule has 0 fully saturated rings. The quantitative estimate of drug-likeness (QED) is 0.777. The highest BCUT2D eigenvalue weighted by atomic mass is 35.5. The van der Waals surface area contributed by atoms with Crippen molar-refractivity contribution in [2.24, 2.45) is 0 Å². The number of hydrogen-bond donors (Lipinski definition) is 1. The van der Waals surface area contributed by atoms with E-state index in [1.54, 1.807) is 24.3 Å². The topological polar surface area (TPSA) is 20.2 Å². The molecule has 0 aliphatic carbocycles. The third-order valence-electron chi connectivity index (χ3n) is 2.09. The zero-order valence-electron chi connectivity index (χ0n) is 7.74. The average Bonchev–Trinajstić information content (AvgIpc) is 2.17. The average molecular weight is 223 g/mol. The van der Waals surface area contributed by atoms with Crippen LogP contribution in [0.15, 0.2) is 42.5 Å². The van der Waals surface area contributed by atoms with Crippen LogP contribution >= 0.6 is 11.6 Å². The van der Waals surface area contributed by atoms with Gasteiger partial charge in [-0.3, -0.25) is 0 Å². The standard InChI is InChI=1S/C12H8ClFO/c13-9-4-5-11(12(14)7-9)8-2-1-3-10(15)6-8/h1-7,15H. The Morgan fingerprint density at radius 1 is 1.07 bits per heavy atom. The molecule has 15 heavy (non-hydrogen) atoms. The fraction of sp³-hybridized carbons (Fsp3) is 0. The highest BCUT2D eigenvalue weighted by Crippen LogP contribution is 2.27. The summed E-state index contributed by atoms with van der Waals surface area (Å²) in [4.78, 5) is 0. The molecule has 0 bridgehead atoms. The number of phenols is 1. The minimum atomic E-state index is -0.395. The van der Waals surface area contributed by atoms with Crippen LogP contribution in [0.25, 0.3) is 11.1 Å². The van der Waals surface area contributed by atoms with Gasteiger partial charge in [-0.15, -0.1) is 0 Å². The first-order valence-electron chi connectivity index (χ1n) is 4.41. The van der Waals surface area contributed by atoms with Crippen molar-refractivity contribution in [2.75, 3.05) is 0 Å². The fourth-order valence-electron chi connectivity index (χ4n) is 1.40. The highest BCUT2D eigenvalue weighted by Gasteiger charge is 2.05. The number of hydrogen-bond acceptors (Lipinski definition) is 1. The molecule has 76 valence electrons. The number of phenolic OH excluding ortho intramolecular Hbond substituents is 1. The Bertz CT molecular complexity index is 497. The molecule has 0 atom stereocenters. The Morgan fingerprint density at radius 2 is 1.87 bits per heavy atom. The van der Waals surface area contributed by atoms with Gasteiger partial charge in [0.2, 0.25) is 0 Å². The molecule has 0 aromatic heterocycles. The van der Waals surface area contributed by atoms with Crippen molar-refractivity contribution in [3.8, 4) is 16.9 Å². The van der Waals surface area contributed by atoms with Gasteiger partial charge in [-0.2, -0.15) is 0 Å². The minimum Gasteiger partial charge on any atom is -0.508 e. The molecule has 0 aliphatic heterocycles. The summed E-state index contributed by atoms with van der Waals surface area (Å²) in [5.41, 5.74) is 1.06. The first-order valence-corrected chi connectivity index (χ1v) is 4.79. The number of aromatic hydroxyl groups is 1. The summed E-state index contributed by atoms with van der Waals surface area (Å²) in [7, 11) is 0. The van der Waals surface area contributed by atoms with Gasteiger partial charge in [0.25, 0.3) is 0 Å². The SMILES string of the molecule is Oc1cccc(-c2ccc(Cl)cc2F)c1. The second kappa shape index (κ2) is 3.91. The molecular formula is C12H8ClFO. The van der Waals surface area contributed by atoms with E-state index in [4.69, 9.17) is 11.6 Å². The molecule has 0 saturated heterocycles. The maximum Gasteiger partial charge on any atom is 0.132 e. The van der Waals surface area contributed by atoms with Crippen molar-refractivity contribution >= 4 is 11.6 Å². The molecule has 2 rings (SSSR count). The number of benzene rings is 2. The molecule has 3 heteroatoms. The molecule has 2 aromatic rings. The van der Waals surface area contributed by atoms with Crippen LogP contribution in [-0.4, -0.2) is 5.11 Å². The molecular weight excluding hydrogens is 215 g/mol. The maximum absolute atomic E-state index is 13.5. The van der Waals surface area contributed by atoms with Gasteiger partial charge in [-0.05, 0) is 35.9 Å². The monoisotopic (exact) mass is 222 g/mol. The minimum absolute atomic E-state index is 0.113. The van der Waals surface area contributed by atoms with Crippen molar-refractivity contribution in [3.63, 3.8) is 0 Å². The largest absolute Gasteiger partial charge is 0.508 e. The second-order valence-corrected chi connectivity index (χ2v) is 3.61. The smallest absolute Gasteiger partial charge is 0.132 e. The molecule has 1 nitrogen and oxygen atoms in total. The molecule has 2 aromatic carbocycles. The van der Waals surface area contributed by atoms with E-state index >= 15 is 0 Å². The molecule has 0 heterocycles. The van der Waals surface area contributed by atoms with Crippen molar-refractivity contribution in [2.45, 2.75) is 0 Å². The van der Waals surface area contributed by atoms with Gasteiger partial charge in [-0.1, -0.05) is 23.7 Å². The number of rotatable bonds is 1. The van der Waals surface area contributed by atoms with Gasteiger partial charge in [0, 0.05) is 10.6 Å². The Kier molecular flexibility index (Phi) is 2.60. The van der Waals surface area contributed by atoms with Crippen LogP contribution in [0.4, 0.5) is 4.39 Å². The van der Waals surface area contributed by atoms with E-state index in [1.807, 2.05) is 0 Å². The van der Waals surface area contributed by atoms with Crippen LogP contribution in [0.1, 0.15) is 0 Å². The number of halogens is 2. The summed E-state index contributed by atoms with van der Waals surface area (Å²) in [5.74, 6) is -0.282. The Labute approximate surface area is 91.8 Å². The van der Waals surface area contributed by atoms with E-state index < -0.39 is 5.82 Å². The first kappa shape index (κ1) is 9.99. The van der Waals surface area contributed by atoms with E-state index in [-0.39, 0.29) is 5.75 Å². The summed E-state index contributed by atoms with van der Waals surface area (Å²) in [6, 6.07) is 10.9. The van der Waals surface area contributed by atoms with Crippen molar-refractivity contribution in [1.82, 2.24) is 0 Å². The highest BCUT2D eigenvalue weighted by molar-refractivity contribution is 6.30. The lowest BCUT2D eigenvalue weighted by atomic mass is 10.1. The third-order valence-corrected chi connectivity index (χ3v) is 2.32. The second-order valence-electron chi connectivity index (χ2n) is 3.17. The first-order chi connectivity index (χ1) is 7.16. The van der Waals surface area contributed by atoms with E-state index in [0.717, 1.165) is 0 Å². The molecule has 0 spiro atoms. The van der Waals surface area contributed by atoms with Crippen molar-refractivity contribution in [3.05, 3.63) is 53.3 Å². The van der Waals surface area contributed by atoms with E-state index in [1.165, 1.54) is 18.2 Å². The van der Waals surface area contributed by atoms with Gasteiger partial charge in [0.1, 0.15) is 11.6 Å². The molecule has 0 unspecified atom stereocenters. The van der Waals surface area contributed by atoms with Gasteiger partial charge < -0.3 is 5.11 Å². The lowest BCUT2D eigenvalue weighted by molar-refractivity contribution is 0.475. The lowest BCUT2D eigenvalue weighted by Gasteiger charge is -2.04. The summed E-state index contributed by atoms with van der Waals surface area (Å²) in [6.45, 7) is 0. The van der Waals surface area contributed by atoms with Gasteiger partial charge in [0.05, 0.1) is 0 Å². The Balaban J connectivity index is 2.54. The van der Waals surface area contributed by atoms with Gasteiger partial charge in [0.15, 0.2) is 0 Å². The van der Waals surface area contributed by atoms with Crippen LogP contribution in [0.2, 0.25) is 5.02 Å². The molecule has 0 radical (unpaired) electrons. The van der Waals surface area contributed by atoms with E-state index in [9.17, 15) is 9.50 Å². The normalized spacial score (nSPS) is 10.3. The van der Waals surface area contributed by atoms with Gasteiger partial charge in [-0.25, -0.2) is 4.39 Å². The van der Waals surface area contributed by atoms with Crippen molar-refractivity contribution < 1.29 is 9.50 Å². The molecule has 0 aliphatic rings. The lowest BCUT2D eigenvalue weighted by Crippen LogP contribution is -1.83. The Morgan fingerprint density at radius 3 is 2.53 bits per heavy atom. The fourth-order valence-corrected chi connectivity index (χ4v) is 1.56. The van der Waals surface area contributed by atoms with E-state index in [2.05, 4.69) is 0 Å². The molecule has 0 saturated carbocycles. The maximum atomic E-state index is 13.5. The summed E-state index contributed by atoms with van der Waals surface area (Å²) in [5, 5.41) is 9.63. The summed E-state index contributed by atoms with van der Waals surface area (Å²) >= 11 is 5.65. The van der Waals surface area contributed by atoms with Gasteiger partial charge >= 0.3 is 0 Å².